The Labute approximate surface area is 142 Å². The van der Waals surface area contributed by atoms with Gasteiger partial charge in [-0.1, -0.05) is 60.7 Å². The Hall–Kier alpha value is -2.62. The predicted octanol–water partition coefficient (Wildman–Crippen LogP) is 2.90. The maximum absolute atomic E-state index is 12.5. The molecule has 1 fully saturated rings. The van der Waals surface area contributed by atoms with Crippen molar-refractivity contribution in [2.45, 2.75) is 25.3 Å². The number of hydrogen-bond donors (Lipinski definition) is 1. The normalized spacial score (nSPS) is 14.5. The average molecular weight is 322 g/mol. The zero-order chi connectivity index (χ0) is 16.8. The van der Waals surface area contributed by atoms with Crippen LogP contribution < -0.4 is 5.32 Å². The maximum Gasteiger partial charge on any atom is 0.311 e. The van der Waals surface area contributed by atoms with Gasteiger partial charge in [-0.15, -0.1) is 0 Å². The van der Waals surface area contributed by atoms with Crippen molar-refractivity contribution in [2.24, 2.45) is 0 Å². The Morgan fingerprint density at radius 1 is 0.792 bits per heavy atom. The molecule has 1 heterocycles. The fraction of sp³-hybridized carbons (Fsp3) is 0.300. The molecule has 24 heavy (non-hydrogen) atoms. The van der Waals surface area contributed by atoms with Gasteiger partial charge < -0.3 is 10.2 Å². The molecule has 2 aromatic carbocycles. The van der Waals surface area contributed by atoms with Crippen LogP contribution in [0, 0.1) is 0 Å². The van der Waals surface area contributed by atoms with E-state index in [1.807, 2.05) is 60.7 Å². The summed E-state index contributed by atoms with van der Waals surface area (Å²) in [6.07, 6.45) is 3.07. The van der Waals surface area contributed by atoms with Crippen LogP contribution in [0.15, 0.2) is 60.7 Å². The zero-order valence-corrected chi connectivity index (χ0v) is 13.7. The van der Waals surface area contributed by atoms with Crippen LogP contribution in [0.2, 0.25) is 0 Å². The summed E-state index contributed by atoms with van der Waals surface area (Å²) in [6.45, 7) is 1.35. The summed E-state index contributed by atoms with van der Waals surface area (Å²) in [4.78, 5) is 26.6. The lowest BCUT2D eigenvalue weighted by Gasteiger charge is -2.27. The van der Waals surface area contributed by atoms with E-state index in [1.54, 1.807) is 4.90 Å². The molecule has 0 radical (unpaired) electrons. The first-order valence-corrected chi connectivity index (χ1v) is 8.45. The van der Waals surface area contributed by atoms with E-state index in [4.69, 9.17) is 0 Å². The summed E-state index contributed by atoms with van der Waals surface area (Å²) < 4.78 is 0. The van der Waals surface area contributed by atoms with Crippen molar-refractivity contribution in [2.75, 3.05) is 13.1 Å². The van der Waals surface area contributed by atoms with E-state index in [2.05, 4.69) is 5.32 Å². The quantitative estimate of drug-likeness (QED) is 0.883. The molecule has 0 aliphatic carbocycles. The molecule has 1 aliphatic heterocycles. The molecule has 0 atom stereocenters. The van der Waals surface area contributed by atoms with Crippen molar-refractivity contribution in [3.8, 4) is 0 Å². The van der Waals surface area contributed by atoms with Crippen LogP contribution in [0.4, 0.5) is 0 Å². The highest BCUT2D eigenvalue weighted by Gasteiger charge is 2.26. The molecule has 2 amide bonds. The van der Waals surface area contributed by atoms with Crippen LogP contribution in [0.5, 0.6) is 0 Å². The number of likely N-dealkylation sites (tertiary alicyclic amines) is 1. The number of carbonyl (C=O) groups is 2. The topological polar surface area (TPSA) is 49.4 Å². The second-order valence-corrected chi connectivity index (χ2v) is 6.08. The minimum absolute atomic E-state index is 0.325. The highest BCUT2D eigenvalue weighted by molar-refractivity contribution is 6.35. The zero-order valence-electron chi connectivity index (χ0n) is 13.7. The number of piperidine rings is 1. The van der Waals surface area contributed by atoms with Crippen LogP contribution >= 0.6 is 0 Å². The average Bonchev–Trinajstić information content (AvgIpc) is 2.67. The first kappa shape index (κ1) is 16.2. The van der Waals surface area contributed by atoms with Gasteiger partial charge >= 0.3 is 11.8 Å². The molecular weight excluding hydrogens is 300 g/mol. The molecule has 0 aromatic heterocycles. The number of hydrogen-bond acceptors (Lipinski definition) is 2. The molecule has 1 N–H and O–H groups in total. The van der Waals surface area contributed by atoms with E-state index >= 15 is 0 Å². The fourth-order valence-electron chi connectivity index (χ4n) is 3.08. The van der Waals surface area contributed by atoms with Crippen molar-refractivity contribution in [3.63, 3.8) is 0 Å². The second kappa shape index (κ2) is 7.77. The molecule has 1 aliphatic rings. The number of benzene rings is 2. The van der Waals surface area contributed by atoms with Gasteiger partial charge in [0, 0.05) is 13.1 Å². The van der Waals surface area contributed by atoms with Crippen molar-refractivity contribution < 1.29 is 9.59 Å². The fourth-order valence-corrected chi connectivity index (χ4v) is 3.08. The van der Waals surface area contributed by atoms with Crippen LogP contribution in [0.25, 0.3) is 0 Å². The summed E-state index contributed by atoms with van der Waals surface area (Å²) in [7, 11) is 0. The molecule has 0 saturated carbocycles. The number of amides is 2. The first-order valence-electron chi connectivity index (χ1n) is 8.45. The third-order valence-corrected chi connectivity index (χ3v) is 4.38. The Kier molecular flexibility index (Phi) is 5.26. The molecule has 0 bridgehead atoms. The van der Waals surface area contributed by atoms with Crippen molar-refractivity contribution in [3.05, 3.63) is 71.8 Å². The van der Waals surface area contributed by atoms with E-state index in [-0.39, 0.29) is 6.04 Å². The third-order valence-electron chi connectivity index (χ3n) is 4.38. The Bertz CT molecular complexity index is 640. The molecule has 3 rings (SSSR count). The van der Waals surface area contributed by atoms with E-state index in [1.165, 1.54) is 0 Å². The van der Waals surface area contributed by atoms with E-state index in [0.29, 0.717) is 13.1 Å². The van der Waals surface area contributed by atoms with Crippen LogP contribution in [-0.2, 0) is 9.59 Å². The van der Waals surface area contributed by atoms with Gasteiger partial charge in [0.05, 0.1) is 6.04 Å². The minimum Gasteiger partial charge on any atom is -0.337 e. The van der Waals surface area contributed by atoms with E-state index in [0.717, 1.165) is 30.4 Å². The van der Waals surface area contributed by atoms with Gasteiger partial charge in [0.25, 0.3) is 0 Å². The highest BCUT2D eigenvalue weighted by atomic mass is 16.2. The Balaban J connectivity index is 1.79. The Morgan fingerprint density at radius 3 is 1.79 bits per heavy atom. The predicted molar refractivity (Wildman–Crippen MR) is 93.3 cm³/mol. The summed E-state index contributed by atoms with van der Waals surface area (Å²) in [5, 5.41) is 2.92. The molecule has 4 nitrogen and oxygen atoms in total. The summed E-state index contributed by atoms with van der Waals surface area (Å²) >= 11 is 0. The minimum atomic E-state index is -0.533. The second-order valence-electron chi connectivity index (χ2n) is 6.08. The number of nitrogens with zero attached hydrogens (tertiary/aromatic N) is 1. The largest absolute Gasteiger partial charge is 0.337 e. The molecule has 4 heteroatoms. The monoisotopic (exact) mass is 322 g/mol. The van der Waals surface area contributed by atoms with E-state index < -0.39 is 11.8 Å². The third kappa shape index (κ3) is 3.82. The van der Waals surface area contributed by atoms with Crippen LogP contribution in [0.1, 0.15) is 36.4 Å². The molecular formula is C20H22N2O2. The summed E-state index contributed by atoms with van der Waals surface area (Å²) in [5.41, 5.74) is 1.92. The number of rotatable bonds is 3. The van der Waals surface area contributed by atoms with Gasteiger partial charge in [-0.3, -0.25) is 9.59 Å². The molecule has 0 unspecified atom stereocenters. The van der Waals surface area contributed by atoms with Crippen molar-refractivity contribution >= 4 is 11.8 Å². The number of nitrogens with one attached hydrogen (secondary N) is 1. The lowest BCUT2D eigenvalue weighted by atomic mass is 9.98. The smallest absolute Gasteiger partial charge is 0.311 e. The maximum atomic E-state index is 12.5. The molecule has 124 valence electrons. The van der Waals surface area contributed by atoms with Gasteiger partial charge in [-0.05, 0) is 30.4 Å². The standard InChI is InChI=1S/C20H22N2O2/c23-19(20(24)22-14-8-3-9-15-22)21-18(16-10-4-1-5-11-16)17-12-6-2-7-13-17/h1-2,4-7,10-13,18H,3,8-9,14-15H2,(H,21,23). The van der Waals surface area contributed by atoms with Crippen molar-refractivity contribution in [1.29, 1.82) is 0 Å². The Morgan fingerprint density at radius 2 is 1.29 bits per heavy atom. The van der Waals surface area contributed by atoms with Gasteiger partial charge in [0.1, 0.15) is 0 Å². The molecule has 1 saturated heterocycles. The van der Waals surface area contributed by atoms with Gasteiger partial charge in [0.2, 0.25) is 0 Å². The lowest BCUT2D eigenvalue weighted by molar-refractivity contribution is -0.146. The first-order chi connectivity index (χ1) is 11.8. The lowest BCUT2D eigenvalue weighted by Crippen LogP contribution is -2.46. The molecule has 2 aromatic rings. The van der Waals surface area contributed by atoms with Gasteiger partial charge in [-0.25, -0.2) is 0 Å². The molecule has 0 spiro atoms. The number of carbonyl (C=O) groups excluding carboxylic acids is 2. The summed E-state index contributed by atoms with van der Waals surface area (Å²) in [6, 6.07) is 19.1. The SMILES string of the molecule is O=C(NC(c1ccccc1)c1ccccc1)C(=O)N1CCCCC1. The van der Waals surface area contributed by atoms with Gasteiger partial charge in [0.15, 0.2) is 0 Å². The summed E-state index contributed by atoms with van der Waals surface area (Å²) in [5.74, 6) is -0.957. The van der Waals surface area contributed by atoms with Crippen molar-refractivity contribution in [1.82, 2.24) is 10.2 Å². The van der Waals surface area contributed by atoms with Crippen LogP contribution in [0.3, 0.4) is 0 Å². The van der Waals surface area contributed by atoms with Crippen LogP contribution in [-0.4, -0.2) is 29.8 Å². The van der Waals surface area contributed by atoms with Gasteiger partial charge in [-0.2, -0.15) is 0 Å². The highest BCUT2D eigenvalue weighted by Crippen LogP contribution is 2.22. The van der Waals surface area contributed by atoms with E-state index in [9.17, 15) is 9.59 Å².